The highest BCUT2D eigenvalue weighted by Gasteiger charge is 2.63. The highest BCUT2D eigenvalue weighted by atomic mass is 79.9. The van der Waals surface area contributed by atoms with E-state index in [2.05, 4.69) is 20.9 Å². The first-order chi connectivity index (χ1) is 9.04. The summed E-state index contributed by atoms with van der Waals surface area (Å²) in [5, 5.41) is 0. The fourth-order valence-electron chi connectivity index (χ4n) is 3.35. The molecule has 1 aliphatic heterocycles. The van der Waals surface area contributed by atoms with Gasteiger partial charge >= 0.3 is 0 Å². The molecule has 2 atom stereocenters. The second kappa shape index (κ2) is 3.55. The molecule has 2 heterocycles. The first kappa shape index (κ1) is 11.8. The molecule has 0 radical (unpaired) electrons. The zero-order valence-corrected chi connectivity index (χ0v) is 12.1. The van der Waals surface area contributed by atoms with E-state index < -0.39 is 17.0 Å². The summed E-state index contributed by atoms with van der Waals surface area (Å²) < 4.78 is 31.2. The predicted octanol–water partition coefficient (Wildman–Crippen LogP) is 4.03. The maximum Gasteiger partial charge on any atom is 0.177 e. The van der Waals surface area contributed by atoms with Crippen molar-refractivity contribution in [1.82, 2.24) is 9.55 Å². The van der Waals surface area contributed by atoms with E-state index in [0.717, 1.165) is 12.1 Å². The van der Waals surface area contributed by atoms with E-state index in [0.29, 0.717) is 15.8 Å². The van der Waals surface area contributed by atoms with Crippen LogP contribution in [0.15, 0.2) is 22.8 Å². The van der Waals surface area contributed by atoms with E-state index in [1.54, 1.807) is 0 Å². The molecule has 4 rings (SSSR count). The van der Waals surface area contributed by atoms with Crippen LogP contribution >= 0.6 is 28.1 Å². The van der Waals surface area contributed by atoms with Crippen molar-refractivity contribution < 1.29 is 8.78 Å². The van der Waals surface area contributed by atoms with Gasteiger partial charge in [-0.3, -0.25) is 0 Å². The van der Waals surface area contributed by atoms with Gasteiger partial charge in [0.15, 0.2) is 4.77 Å². The predicted molar refractivity (Wildman–Crippen MR) is 72.7 cm³/mol. The number of imidazole rings is 1. The van der Waals surface area contributed by atoms with Crippen molar-refractivity contribution in [2.24, 2.45) is 0 Å². The van der Waals surface area contributed by atoms with Crippen molar-refractivity contribution in [3.63, 3.8) is 0 Å². The van der Waals surface area contributed by atoms with Crippen LogP contribution in [0.1, 0.15) is 23.6 Å². The topological polar surface area (TPSA) is 20.7 Å². The van der Waals surface area contributed by atoms with Gasteiger partial charge in [0.1, 0.15) is 11.6 Å². The number of H-pyrrole nitrogens is 1. The molecule has 2 aromatic rings. The molecule has 98 valence electrons. The van der Waals surface area contributed by atoms with Crippen LogP contribution in [0.3, 0.4) is 0 Å². The summed E-state index contributed by atoms with van der Waals surface area (Å²) in [6.45, 7) is 0.555. The number of halogens is 3. The molecule has 19 heavy (non-hydrogen) atoms. The van der Waals surface area contributed by atoms with Gasteiger partial charge in [0.2, 0.25) is 0 Å². The lowest BCUT2D eigenvalue weighted by molar-refractivity contribution is 0.484. The summed E-state index contributed by atoms with van der Waals surface area (Å²) in [4.78, 5) is 2.99. The van der Waals surface area contributed by atoms with Crippen LogP contribution in [0.25, 0.3) is 0 Å². The Kier molecular flexibility index (Phi) is 2.20. The molecule has 0 spiro atoms. The third-order valence-electron chi connectivity index (χ3n) is 4.31. The van der Waals surface area contributed by atoms with Crippen LogP contribution in [0.2, 0.25) is 0 Å². The fourth-order valence-corrected chi connectivity index (χ4v) is 3.91. The molecule has 0 amide bonds. The Morgan fingerprint density at radius 1 is 1.42 bits per heavy atom. The number of benzene rings is 1. The molecular weight excluding hydrogens is 334 g/mol. The van der Waals surface area contributed by atoms with Crippen LogP contribution in [0.5, 0.6) is 0 Å². The average molecular weight is 343 g/mol. The smallest absolute Gasteiger partial charge is 0.177 e. The Morgan fingerprint density at radius 3 is 2.95 bits per heavy atom. The van der Waals surface area contributed by atoms with E-state index in [9.17, 15) is 8.78 Å². The highest BCUT2D eigenvalue weighted by Crippen LogP contribution is 2.66. The number of hydrogen-bond donors (Lipinski definition) is 1. The summed E-state index contributed by atoms with van der Waals surface area (Å²) in [5.74, 6) is -0.786. The molecule has 0 unspecified atom stereocenters. The van der Waals surface area contributed by atoms with Crippen molar-refractivity contribution in [2.45, 2.75) is 24.3 Å². The van der Waals surface area contributed by atoms with Crippen molar-refractivity contribution in [1.29, 1.82) is 0 Å². The molecule has 0 saturated heterocycles. The molecular formula is C13H9BrF2N2S. The van der Waals surface area contributed by atoms with Gasteiger partial charge in [-0.2, -0.15) is 0 Å². The van der Waals surface area contributed by atoms with Crippen LogP contribution in [-0.2, 0) is 12.0 Å². The maximum atomic E-state index is 14.3. The number of aromatic nitrogens is 2. The number of rotatable bonds is 1. The molecule has 0 bridgehead atoms. The third kappa shape index (κ3) is 1.36. The molecule has 1 aromatic carbocycles. The number of nitrogens with one attached hydrogen (secondary N) is 1. The Balaban J connectivity index is 1.90. The zero-order chi connectivity index (χ0) is 13.4. The maximum absolute atomic E-state index is 14.3. The Labute approximate surface area is 121 Å². The number of fused-ring (bicyclic) bond motifs is 3. The second-order valence-corrected chi connectivity index (χ2v) is 6.48. The minimum absolute atomic E-state index is 0.166. The number of nitrogens with zero attached hydrogens (tertiary/aromatic N) is 1. The summed E-state index contributed by atoms with van der Waals surface area (Å²) in [6.07, 6.45) is 2.64. The third-order valence-corrected chi connectivity index (χ3v) is 5.27. The van der Waals surface area contributed by atoms with Gasteiger partial charge in [-0.15, -0.1) is 0 Å². The van der Waals surface area contributed by atoms with Gasteiger partial charge in [0.25, 0.3) is 0 Å². The lowest BCUT2D eigenvalue weighted by Gasteiger charge is -2.16. The van der Waals surface area contributed by atoms with Crippen LogP contribution in [-0.4, -0.2) is 9.55 Å². The van der Waals surface area contributed by atoms with Crippen molar-refractivity contribution in [2.75, 3.05) is 0 Å². The molecule has 2 aliphatic rings. The molecule has 6 heteroatoms. The van der Waals surface area contributed by atoms with Gasteiger partial charge in [-0.05, 0) is 46.7 Å². The lowest BCUT2D eigenvalue weighted by Crippen LogP contribution is -2.17. The van der Waals surface area contributed by atoms with E-state index in [1.165, 1.54) is 12.1 Å². The lowest BCUT2D eigenvalue weighted by atomic mass is 9.93. The van der Waals surface area contributed by atoms with E-state index in [-0.39, 0.29) is 11.5 Å². The molecule has 1 aliphatic carbocycles. The quantitative estimate of drug-likeness (QED) is 0.613. The number of aromatic amines is 1. The standard InChI is InChI=1S/C13H9BrF2N2S/c14-7-1-2-8(15)10(11(7)16)13-3-6(13)9-4-17-12(19)18(9)5-13/h1-2,4,6H,3,5H2,(H,17,19)/t6-,13-/m0/s1. The molecule has 1 N–H and O–H groups in total. The average Bonchev–Trinajstić information content (AvgIpc) is 2.83. The first-order valence-corrected chi connectivity index (χ1v) is 7.17. The zero-order valence-electron chi connectivity index (χ0n) is 9.71. The largest absolute Gasteiger partial charge is 0.337 e. The molecule has 1 fully saturated rings. The highest BCUT2D eigenvalue weighted by molar-refractivity contribution is 9.10. The van der Waals surface area contributed by atoms with Crippen LogP contribution in [0.4, 0.5) is 8.78 Å². The van der Waals surface area contributed by atoms with Crippen molar-refractivity contribution >= 4 is 28.1 Å². The van der Waals surface area contributed by atoms with Gasteiger partial charge in [-0.1, -0.05) is 0 Å². The molecule has 1 aromatic heterocycles. The second-order valence-electron chi connectivity index (χ2n) is 5.24. The molecule has 1 saturated carbocycles. The Morgan fingerprint density at radius 2 is 2.21 bits per heavy atom. The number of hydrogen-bond acceptors (Lipinski definition) is 1. The molecule has 2 nitrogen and oxygen atoms in total. The summed E-state index contributed by atoms with van der Waals surface area (Å²) in [6, 6.07) is 2.73. The van der Waals surface area contributed by atoms with Crippen LogP contribution in [0, 0.1) is 16.4 Å². The minimum Gasteiger partial charge on any atom is -0.337 e. The van der Waals surface area contributed by atoms with Gasteiger partial charge in [0.05, 0.1) is 4.47 Å². The van der Waals surface area contributed by atoms with Crippen LogP contribution < -0.4 is 0 Å². The Hall–Kier alpha value is -1.01. The minimum atomic E-state index is -0.483. The van der Waals surface area contributed by atoms with Crippen molar-refractivity contribution in [3.8, 4) is 0 Å². The van der Waals surface area contributed by atoms with Gasteiger partial charge in [-0.25, -0.2) is 8.78 Å². The van der Waals surface area contributed by atoms with E-state index in [4.69, 9.17) is 12.2 Å². The van der Waals surface area contributed by atoms with Crippen molar-refractivity contribution in [3.05, 3.63) is 50.5 Å². The normalized spacial score (nSPS) is 27.2. The fraction of sp³-hybridized carbons (Fsp3) is 0.308. The summed E-state index contributed by atoms with van der Waals surface area (Å²) >= 11 is 8.32. The Bertz CT molecular complexity index is 766. The van der Waals surface area contributed by atoms with E-state index >= 15 is 0 Å². The SMILES string of the molecule is Fc1ccc(Br)c(F)c1[C@]12C[C@H]1c1c[nH]c(=S)n1C2. The van der Waals surface area contributed by atoms with Gasteiger partial charge < -0.3 is 9.55 Å². The van der Waals surface area contributed by atoms with Gasteiger partial charge in [0, 0.05) is 35.3 Å². The monoisotopic (exact) mass is 342 g/mol. The summed E-state index contributed by atoms with van der Waals surface area (Å²) in [5.41, 5.74) is 0.810. The first-order valence-electron chi connectivity index (χ1n) is 5.97. The van der Waals surface area contributed by atoms with E-state index in [1.807, 2.05) is 10.8 Å². The summed E-state index contributed by atoms with van der Waals surface area (Å²) in [7, 11) is 0.